The lowest BCUT2D eigenvalue weighted by atomic mass is 9.97. The molecule has 1 N–H and O–H groups in total. The zero-order valence-corrected chi connectivity index (χ0v) is 7.29. The van der Waals surface area contributed by atoms with Crippen molar-refractivity contribution in [1.29, 1.82) is 0 Å². The van der Waals surface area contributed by atoms with Gasteiger partial charge in [0.25, 0.3) is 0 Å². The van der Waals surface area contributed by atoms with Gasteiger partial charge in [0.15, 0.2) is 0 Å². The molecule has 1 rings (SSSR count). The Labute approximate surface area is 71.9 Å². The standard InChI is InChI=1S/C10H13FO/c1-7(8(2)12)9-3-5-10(11)6-4-9/h3-8,12H,1-2H3/t7-,8?/m1/s1. The molecular weight excluding hydrogens is 155 g/mol. The van der Waals surface area contributed by atoms with Crippen molar-refractivity contribution in [3.63, 3.8) is 0 Å². The minimum Gasteiger partial charge on any atom is -0.393 e. The second-order valence-corrected chi connectivity index (χ2v) is 3.08. The van der Waals surface area contributed by atoms with E-state index in [0.717, 1.165) is 5.56 Å². The Morgan fingerprint density at radius 1 is 1.17 bits per heavy atom. The Morgan fingerprint density at radius 3 is 2.08 bits per heavy atom. The quantitative estimate of drug-likeness (QED) is 0.718. The van der Waals surface area contributed by atoms with Gasteiger partial charge in [-0.2, -0.15) is 0 Å². The molecule has 12 heavy (non-hydrogen) atoms. The van der Waals surface area contributed by atoms with Crippen LogP contribution in [-0.2, 0) is 0 Å². The Morgan fingerprint density at radius 2 is 1.67 bits per heavy atom. The Bertz CT molecular complexity index is 241. The smallest absolute Gasteiger partial charge is 0.123 e. The van der Waals surface area contributed by atoms with Crippen LogP contribution in [0.5, 0.6) is 0 Å². The van der Waals surface area contributed by atoms with Crippen molar-refractivity contribution in [2.75, 3.05) is 0 Å². The first-order chi connectivity index (χ1) is 5.61. The van der Waals surface area contributed by atoms with Crippen LogP contribution in [0.15, 0.2) is 24.3 Å². The summed E-state index contributed by atoms with van der Waals surface area (Å²) in [6.07, 6.45) is -0.393. The maximum atomic E-state index is 12.5. The second-order valence-electron chi connectivity index (χ2n) is 3.08. The van der Waals surface area contributed by atoms with Crippen molar-refractivity contribution < 1.29 is 9.50 Å². The lowest BCUT2D eigenvalue weighted by molar-refractivity contribution is 0.169. The highest BCUT2D eigenvalue weighted by atomic mass is 19.1. The van der Waals surface area contributed by atoms with Crippen molar-refractivity contribution in [2.24, 2.45) is 0 Å². The van der Waals surface area contributed by atoms with Gasteiger partial charge in [0.05, 0.1) is 6.10 Å². The molecule has 0 aliphatic rings. The fourth-order valence-electron chi connectivity index (χ4n) is 1.04. The van der Waals surface area contributed by atoms with Crippen molar-refractivity contribution in [3.8, 4) is 0 Å². The first-order valence-corrected chi connectivity index (χ1v) is 4.05. The van der Waals surface area contributed by atoms with Gasteiger partial charge in [-0.15, -0.1) is 0 Å². The molecule has 2 atom stereocenters. The van der Waals surface area contributed by atoms with Gasteiger partial charge in [-0.1, -0.05) is 19.1 Å². The van der Waals surface area contributed by atoms with E-state index in [-0.39, 0.29) is 11.7 Å². The van der Waals surface area contributed by atoms with Crippen molar-refractivity contribution >= 4 is 0 Å². The normalized spacial score (nSPS) is 15.7. The van der Waals surface area contributed by atoms with Crippen LogP contribution in [0, 0.1) is 5.82 Å². The van der Waals surface area contributed by atoms with Crippen LogP contribution in [0.3, 0.4) is 0 Å². The average Bonchev–Trinajstić information content (AvgIpc) is 2.04. The van der Waals surface area contributed by atoms with Gasteiger partial charge < -0.3 is 5.11 Å². The highest BCUT2D eigenvalue weighted by molar-refractivity contribution is 5.20. The van der Waals surface area contributed by atoms with Crippen LogP contribution in [0.1, 0.15) is 25.3 Å². The molecule has 0 amide bonds. The van der Waals surface area contributed by atoms with Crippen LogP contribution < -0.4 is 0 Å². The number of rotatable bonds is 2. The van der Waals surface area contributed by atoms with E-state index in [4.69, 9.17) is 0 Å². The molecular formula is C10H13FO. The molecule has 0 aliphatic heterocycles. The molecule has 1 aromatic carbocycles. The fraction of sp³-hybridized carbons (Fsp3) is 0.400. The first-order valence-electron chi connectivity index (χ1n) is 4.05. The monoisotopic (exact) mass is 168 g/mol. The van der Waals surface area contributed by atoms with Crippen molar-refractivity contribution in [3.05, 3.63) is 35.6 Å². The molecule has 0 spiro atoms. The third kappa shape index (κ3) is 2.05. The number of aliphatic hydroxyl groups is 1. The highest BCUT2D eigenvalue weighted by Crippen LogP contribution is 2.18. The lowest BCUT2D eigenvalue weighted by Crippen LogP contribution is -2.10. The summed E-state index contributed by atoms with van der Waals surface area (Å²) < 4.78 is 12.5. The van der Waals surface area contributed by atoms with E-state index in [9.17, 15) is 9.50 Å². The molecule has 0 saturated carbocycles. The minimum absolute atomic E-state index is 0.0607. The van der Waals surface area contributed by atoms with Gasteiger partial charge in [-0.25, -0.2) is 4.39 Å². The molecule has 0 fully saturated rings. The summed E-state index contributed by atoms with van der Waals surface area (Å²) in [7, 11) is 0. The summed E-state index contributed by atoms with van der Waals surface area (Å²) in [6.45, 7) is 3.64. The van der Waals surface area contributed by atoms with E-state index >= 15 is 0 Å². The van der Waals surface area contributed by atoms with Crippen LogP contribution in [0.2, 0.25) is 0 Å². The third-order valence-electron chi connectivity index (χ3n) is 2.12. The van der Waals surface area contributed by atoms with E-state index in [1.165, 1.54) is 12.1 Å². The third-order valence-corrected chi connectivity index (χ3v) is 2.12. The Kier molecular flexibility index (Phi) is 2.82. The van der Waals surface area contributed by atoms with Gasteiger partial charge in [0.2, 0.25) is 0 Å². The van der Waals surface area contributed by atoms with Crippen molar-refractivity contribution in [2.45, 2.75) is 25.9 Å². The summed E-state index contributed by atoms with van der Waals surface area (Å²) >= 11 is 0. The summed E-state index contributed by atoms with van der Waals surface area (Å²) in [5, 5.41) is 9.25. The topological polar surface area (TPSA) is 20.2 Å². The second kappa shape index (κ2) is 3.68. The molecule has 1 aromatic rings. The molecule has 1 unspecified atom stereocenters. The molecule has 0 aromatic heterocycles. The number of benzene rings is 1. The first kappa shape index (κ1) is 9.20. The van der Waals surface area contributed by atoms with Gasteiger partial charge in [0.1, 0.15) is 5.82 Å². The number of hydrogen-bond donors (Lipinski definition) is 1. The Balaban J connectivity index is 2.82. The van der Waals surface area contributed by atoms with E-state index in [1.807, 2.05) is 6.92 Å². The van der Waals surface area contributed by atoms with Gasteiger partial charge in [0, 0.05) is 5.92 Å². The van der Waals surface area contributed by atoms with Crippen LogP contribution >= 0.6 is 0 Å². The van der Waals surface area contributed by atoms with E-state index in [0.29, 0.717) is 0 Å². The Hall–Kier alpha value is -0.890. The molecule has 0 radical (unpaired) electrons. The van der Waals surface area contributed by atoms with E-state index < -0.39 is 6.10 Å². The van der Waals surface area contributed by atoms with E-state index in [2.05, 4.69) is 0 Å². The predicted molar refractivity (Wildman–Crippen MR) is 46.5 cm³/mol. The molecule has 0 aliphatic carbocycles. The zero-order valence-electron chi connectivity index (χ0n) is 7.29. The van der Waals surface area contributed by atoms with Gasteiger partial charge >= 0.3 is 0 Å². The summed E-state index contributed by atoms with van der Waals surface area (Å²) in [5.41, 5.74) is 0.964. The summed E-state index contributed by atoms with van der Waals surface area (Å²) in [5.74, 6) is -0.179. The SMILES string of the molecule is CC(O)[C@@H](C)c1ccc(F)cc1. The number of halogens is 1. The molecule has 0 bridgehead atoms. The van der Waals surface area contributed by atoms with E-state index in [1.54, 1.807) is 19.1 Å². The maximum absolute atomic E-state index is 12.5. The summed E-state index contributed by atoms with van der Waals surface area (Å²) in [6, 6.07) is 6.22. The van der Waals surface area contributed by atoms with Crippen molar-refractivity contribution in [1.82, 2.24) is 0 Å². The minimum atomic E-state index is -0.393. The van der Waals surface area contributed by atoms with Crippen LogP contribution in [0.4, 0.5) is 4.39 Å². The lowest BCUT2D eigenvalue weighted by Gasteiger charge is -2.14. The summed E-state index contributed by atoms with van der Waals surface area (Å²) in [4.78, 5) is 0. The molecule has 1 nitrogen and oxygen atoms in total. The van der Waals surface area contributed by atoms with Gasteiger partial charge in [-0.05, 0) is 24.6 Å². The molecule has 66 valence electrons. The average molecular weight is 168 g/mol. The number of aliphatic hydroxyl groups excluding tert-OH is 1. The van der Waals surface area contributed by atoms with Gasteiger partial charge in [-0.3, -0.25) is 0 Å². The highest BCUT2D eigenvalue weighted by Gasteiger charge is 2.10. The van der Waals surface area contributed by atoms with Crippen LogP contribution in [0.25, 0.3) is 0 Å². The number of hydrogen-bond acceptors (Lipinski definition) is 1. The fourth-order valence-corrected chi connectivity index (χ4v) is 1.04. The molecule has 0 heterocycles. The maximum Gasteiger partial charge on any atom is 0.123 e. The molecule has 0 saturated heterocycles. The largest absolute Gasteiger partial charge is 0.393 e. The predicted octanol–water partition coefficient (Wildman–Crippen LogP) is 2.31. The molecule has 2 heteroatoms. The zero-order chi connectivity index (χ0) is 9.14. The van der Waals surface area contributed by atoms with Crippen LogP contribution in [-0.4, -0.2) is 11.2 Å².